The Morgan fingerprint density at radius 3 is 2.33 bits per heavy atom. The van der Waals surface area contributed by atoms with Gasteiger partial charge in [-0.1, -0.05) is 12.1 Å². The van der Waals surface area contributed by atoms with Crippen molar-refractivity contribution in [3.05, 3.63) is 46.7 Å². The van der Waals surface area contributed by atoms with Gasteiger partial charge in [-0.25, -0.2) is 0 Å². The highest BCUT2D eigenvalue weighted by Crippen LogP contribution is 2.29. The van der Waals surface area contributed by atoms with Crippen LogP contribution in [0, 0.1) is 11.7 Å². The second-order valence-corrected chi connectivity index (χ2v) is 5.19. The van der Waals surface area contributed by atoms with Gasteiger partial charge in [0, 0.05) is 18.2 Å². The molecule has 0 spiro atoms. The molecule has 0 aliphatic rings. The normalized spacial score (nSPS) is 10.8. The molecule has 0 saturated carbocycles. The van der Waals surface area contributed by atoms with E-state index in [0.29, 0.717) is 4.77 Å². The molecule has 0 unspecified atom stereocenters. The number of benzene rings is 2. The summed E-state index contributed by atoms with van der Waals surface area (Å²) in [6.07, 6.45) is 0. The number of aromatic amines is 1. The summed E-state index contributed by atoms with van der Waals surface area (Å²) >= 11 is 5.48. The molecule has 0 radical (unpaired) electrons. The van der Waals surface area contributed by atoms with Gasteiger partial charge in [0.15, 0.2) is 4.77 Å². The van der Waals surface area contributed by atoms with E-state index in [4.69, 9.17) is 21.7 Å². The predicted octanol–water partition coefficient (Wildman–Crippen LogP) is 4.01. The molecule has 1 N–H and O–H groups in total. The maximum absolute atomic E-state index is 5.48. The number of para-hydroxylation sites is 1. The maximum Gasteiger partial charge on any atom is 0.182 e. The first-order valence-electron chi connectivity index (χ1n) is 6.58. The first-order valence-corrected chi connectivity index (χ1v) is 6.98. The van der Waals surface area contributed by atoms with Crippen LogP contribution in [-0.2, 0) is 0 Å². The molecular formula is C16H16N2O2S. The van der Waals surface area contributed by atoms with Crippen molar-refractivity contribution in [1.29, 1.82) is 0 Å². The monoisotopic (exact) mass is 300 g/mol. The summed E-state index contributed by atoms with van der Waals surface area (Å²) in [5.41, 5.74) is 4.15. The highest BCUT2D eigenvalue weighted by Gasteiger charge is 2.11. The van der Waals surface area contributed by atoms with E-state index in [1.165, 1.54) is 0 Å². The van der Waals surface area contributed by atoms with Crippen molar-refractivity contribution in [2.45, 2.75) is 6.92 Å². The molecule has 0 aliphatic carbocycles. The Morgan fingerprint density at radius 2 is 1.71 bits per heavy atom. The van der Waals surface area contributed by atoms with Crippen LogP contribution < -0.4 is 9.47 Å². The maximum atomic E-state index is 5.48. The minimum Gasteiger partial charge on any atom is -0.497 e. The molecule has 4 nitrogen and oxygen atoms in total. The summed E-state index contributed by atoms with van der Waals surface area (Å²) in [6.45, 7) is 2.07. The molecule has 0 bridgehead atoms. The fourth-order valence-electron chi connectivity index (χ4n) is 2.50. The van der Waals surface area contributed by atoms with Crippen LogP contribution >= 0.6 is 12.2 Å². The smallest absolute Gasteiger partial charge is 0.182 e. The molecule has 108 valence electrons. The largest absolute Gasteiger partial charge is 0.497 e. The van der Waals surface area contributed by atoms with Gasteiger partial charge >= 0.3 is 0 Å². The second kappa shape index (κ2) is 5.26. The van der Waals surface area contributed by atoms with Crippen LogP contribution in [-0.4, -0.2) is 23.8 Å². The molecule has 21 heavy (non-hydrogen) atoms. The number of nitrogens with one attached hydrogen (secondary N) is 1. The summed E-state index contributed by atoms with van der Waals surface area (Å²) in [6, 6.07) is 11.8. The summed E-state index contributed by atoms with van der Waals surface area (Å²) in [5.74, 6) is 1.46. The number of rotatable bonds is 3. The minimum atomic E-state index is 0.648. The van der Waals surface area contributed by atoms with E-state index in [2.05, 4.69) is 18.0 Å². The van der Waals surface area contributed by atoms with Gasteiger partial charge in [0.2, 0.25) is 0 Å². The van der Waals surface area contributed by atoms with Crippen LogP contribution in [0.3, 0.4) is 0 Å². The Labute approximate surface area is 127 Å². The van der Waals surface area contributed by atoms with Gasteiger partial charge < -0.3 is 14.5 Å². The lowest BCUT2D eigenvalue weighted by Gasteiger charge is -2.11. The zero-order chi connectivity index (χ0) is 15.0. The molecule has 5 heteroatoms. The highest BCUT2D eigenvalue weighted by atomic mass is 32.1. The fraction of sp³-hybridized carbons (Fsp3) is 0.188. The number of fused-ring (bicyclic) bond motifs is 1. The van der Waals surface area contributed by atoms with E-state index in [1.807, 2.05) is 34.9 Å². The second-order valence-electron chi connectivity index (χ2n) is 4.81. The van der Waals surface area contributed by atoms with E-state index in [1.54, 1.807) is 14.2 Å². The molecule has 1 aromatic heterocycles. The highest BCUT2D eigenvalue weighted by molar-refractivity contribution is 7.71. The lowest BCUT2D eigenvalue weighted by Crippen LogP contribution is -1.97. The van der Waals surface area contributed by atoms with Crippen LogP contribution in [0.4, 0.5) is 0 Å². The number of hydrogen-bond acceptors (Lipinski definition) is 3. The average molecular weight is 300 g/mol. The molecule has 3 aromatic rings. The lowest BCUT2D eigenvalue weighted by atomic mass is 10.2. The molecule has 1 heterocycles. The van der Waals surface area contributed by atoms with Crippen molar-refractivity contribution in [2.24, 2.45) is 0 Å². The van der Waals surface area contributed by atoms with Crippen molar-refractivity contribution in [3.8, 4) is 17.2 Å². The summed E-state index contributed by atoms with van der Waals surface area (Å²) in [4.78, 5) is 3.24. The van der Waals surface area contributed by atoms with Crippen LogP contribution in [0.5, 0.6) is 11.5 Å². The quantitative estimate of drug-likeness (QED) is 0.743. The van der Waals surface area contributed by atoms with Gasteiger partial charge in [-0.2, -0.15) is 0 Å². The topological polar surface area (TPSA) is 39.2 Å². The molecule has 2 aromatic carbocycles. The predicted molar refractivity (Wildman–Crippen MR) is 86.3 cm³/mol. The van der Waals surface area contributed by atoms with Crippen LogP contribution in [0.2, 0.25) is 0 Å². The Bertz CT molecular complexity index is 842. The first-order chi connectivity index (χ1) is 10.1. The number of methoxy groups -OCH3 is 2. The summed E-state index contributed by atoms with van der Waals surface area (Å²) in [5, 5.41) is 0. The Balaban J connectivity index is 2.35. The third-order valence-electron chi connectivity index (χ3n) is 3.50. The van der Waals surface area contributed by atoms with Gasteiger partial charge in [0.25, 0.3) is 0 Å². The van der Waals surface area contributed by atoms with Gasteiger partial charge in [-0.3, -0.25) is 4.57 Å². The third-order valence-corrected chi connectivity index (χ3v) is 3.79. The fourth-order valence-corrected chi connectivity index (χ4v) is 2.80. The first kappa shape index (κ1) is 13.7. The molecule has 0 fully saturated rings. The van der Waals surface area contributed by atoms with Crippen molar-refractivity contribution >= 4 is 23.3 Å². The summed E-state index contributed by atoms with van der Waals surface area (Å²) < 4.78 is 13.3. The van der Waals surface area contributed by atoms with E-state index < -0.39 is 0 Å². The van der Waals surface area contributed by atoms with Crippen molar-refractivity contribution < 1.29 is 9.47 Å². The third kappa shape index (κ3) is 2.29. The SMILES string of the molecule is COc1cc(OC)cc(-n2c(=S)[nH]c3cccc(C)c32)c1. The van der Waals surface area contributed by atoms with E-state index >= 15 is 0 Å². The molecule has 0 aliphatic heterocycles. The van der Waals surface area contributed by atoms with Gasteiger partial charge in [0.1, 0.15) is 11.5 Å². The van der Waals surface area contributed by atoms with Crippen molar-refractivity contribution in [3.63, 3.8) is 0 Å². The minimum absolute atomic E-state index is 0.648. The lowest BCUT2D eigenvalue weighted by molar-refractivity contribution is 0.394. The number of H-pyrrole nitrogens is 1. The molecule has 3 rings (SSSR count). The number of ether oxygens (including phenoxy) is 2. The van der Waals surface area contributed by atoms with Crippen molar-refractivity contribution in [1.82, 2.24) is 9.55 Å². The van der Waals surface area contributed by atoms with E-state index in [0.717, 1.165) is 33.8 Å². The van der Waals surface area contributed by atoms with Gasteiger partial charge in [-0.15, -0.1) is 0 Å². The average Bonchev–Trinajstić information content (AvgIpc) is 2.84. The van der Waals surface area contributed by atoms with Gasteiger partial charge in [-0.05, 0) is 30.8 Å². The van der Waals surface area contributed by atoms with E-state index in [9.17, 15) is 0 Å². The zero-order valence-electron chi connectivity index (χ0n) is 12.1. The molecular weight excluding hydrogens is 284 g/mol. The number of aryl methyl sites for hydroxylation is 1. The number of imidazole rings is 1. The standard InChI is InChI=1S/C16H16N2O2S/c1-10-5-4-6-14-15(10)18(16(21)17-14)11-7-12(19-2)9-13(8-11)20-3/h4-9H,1-3H3,(H,17,21). The molecule has 0 atom stereocenters. The number of hydrogen-bond donors (Lipinski definition) is 1. The van der Waals surface area contributed by atoms with Crippen LogP contribution in [0.25, 0.3) is 16.7 Å². The molecule has 0 saturated heterocycles. The Hall–Kier alpha value is -2.27. The molecule has 0 amide bonds. The number of aromatic nitrogens is 2. The van der Waals surface area contributed by atoms with Crippen molar-refractivity contribution in [2.75, 3.05) is 14.2 Å². The van der Waals surface area contributed by atoms with E-state index in [-0.39, 0.29) is 0 Å². The number of nitrogens with zero attached hydrogens (tertiary/aromatic N) is 1. The van der Waals surface area contributed by atoms with Crippen LogP contribution in [0.1, 0.15) is 5.56 Å². The zero-order valence-corrected chi connectivity index (χ0v) is 13.0. The van der Waals surface area contributed by atoms with Gasteiger partial charge in [0.05, 0.1) is 30.9 Å². The van der Waals surface area contributed by atoms with Crippen LogP contribution in [0.15, 0.2) is 36.4 Å². The Morgan fingerprint density at radius 1 is 1.05 bits per heavy atom. The Kier molecular flexibility index (Phi) is 3.43. The summed E-state index contributed by atoms with van der Waals surface area (Å²) in [7, 11) is 3.27.